The van der Waals surface area contributed by atoms with Gasteiger partial charge in [-0.05, 0) is 66.0 Å². The topological polar surface area (TPSA) is 83.4 Å². The van der Waals surface area contributed by atoms with Crippen molar-refractivity contribution < 1.29 is 9.59 Å². The van der Waals surface area contributed by atoms with Crippen molar-refractivity contribution >= 4 is 11.8 Å². The van der Waals surface area contributed by atoms with E-state index in [1.165, 1.54) is 6.42 Å². The van der Waals surface area contributed by atoms with Crippen LogP contribution >= 0.6 is 0 Å². The number of rotatable bonds is 5. The minimum absolute atomic E-state index is 0.0468. The van der Waals surface area contributed by atoms with Crippen LogP contribution in [0.15, 0.2) is 17.2 Å². The number of carbonyl (C=O) groups excluding carboxylic acids is 2. The molecule has 1 unspecified atom stereocenters. The molecule has 1 atom stereocenters. The lowest BCUT2D eigenvalue weighted by Crippen LogP contribution is -2.44. The first-order valence-corrected chi connectivity index (χ1v) is 11.7. The molecule has 7 nitrogen and oxygen atoms in total. The molecule has 1 aliphatic carbocycles. The first-order chi connectivity index (χ1) is 14.6. The molecule has 7 heteroatoms. The first-order valence-electron chi connectivity index (χ1n) is 11.7. The maximum absolute atomic E-state index is 13.1. The monoisotopic (exact) mass is 430 g/mol. The summed E-state index contributed by atoms with van der Waals surface area (Å²) in [6.07, 6.45) is 10.9. The van der Waals surface area contributed by atoms with E-state index in [0.29, 0.717) is 12.5 Å². The molecule has 1 saturated carbocycles. The van der Waals surface area contributed by atoms with Crippen molar-refractivity contribution in [1.29, 1.82) is 0 Å². The summed E-state index contributed by atoms with van der Waals surface area (Å²) in [5, 5.41) is 5.84. The SMILES string of the molecule is CN1CCCC(CNC(=O)c2cn(C3CCCCC3)cc(C(=O)NC(C)(C)C)c2=O)C1. The summed E-state index contributed by atoms with van der Waals surface area (Å²) in [6.45, 7) is 8.21. The van der Waals surface area contributed by atoms with Crippen LogP contribution in [0.5, 0.6) is 0 Å². The fourth-order valence-corrected chi connectivity index (χ4v) is 4.69. The van der Waals surface area contributed by atoms with E-state index in [-0.39, 0.29) is 23.1 Å². The van der Waals surface area contributed by atoms with Crippen molar-refractivity contribution in [3.8, 4) is 0 Å². The summed E-state index contributed by atoms with van der Waals surface area (Å²) in [5.41, 5.74) is -0.848. The van der Waals surface area contributed by atoms with E-state index in [1.807, 2.05) is 25.3 Å². The third-order valence-electron chi connectivity index (χ3n) is 6.29. The Bertz CT molecular complexity index is 849. The molecule has 2 fully saturated rings. The fourth-order valence-electron chi connectivity index (χ4n) is 4.69. The van der Waals surface area contributed by atoms with Crippen LogP contribution in [0, 0.1) is 5.92 Å². The van der Waals surface area contributed by atoms with Gasteiger partial charge in [-0.15, -0.1) is 0 Å². The van der Waals surface area contributed by atoms with E-state index >= 15 is 0 Å². The minimum atomic E-state index is -0.493. The molecule has 2 amide bonds. The van der Waals surface area contributed by atoms with Gasteiger partial charge < -0.3 is 20.1 Å². The van der Waals surface area contributed by atoms with Crippen LogP contribution in [0.25, 0.3) is 0 Å². The minimum Gasteiger partial charge on any atom is -0.352 e. The predicted molar refractivity (Wildman–Crippen MR) is 123 cm³/mol. The van der Waals surface area contributed by atoms with Crippen LogP contribution in [0.4, 0.5) is 0 Å². The third-order valence-corrected chi connectivity index (χ3v) is 6.29. The van der Waals surface area contributed by atoms with Crippen molar-refractivity contribution in [3.63, 3.8) is 0 Å². The number of hydrogen-bond acceptors (Lipinski definition) is 4. The number of amides is 2. The molecule has 0 spiro atoms. The molecule has 1 saturated heterocycles. The van der Waals surface area contributed by atoms with E-state index in [1.54, 1.807) is 12.4 Å². The molecule has 1 aromatic heterocycles. The second kappa shape index (κ2) is 9.98. The average molecular weight is 431 g/mol. The van der Waals surface area contributed by atoms with Crippen molar-refractivity contribution in [2.45, 2.75) is 77.3 Å². The van der Waals surface area contributed by atoms with Crippen LogP contribution in [0.1, 0.15) is 92.5 Å². The quantitative estimate of drug-likeness (QED) is 0.752. The molecule has 0 bridgehead atoms. The zero-order valence-corrected chi connectivity index (χ0v) is 19.5. The molecular weight excluding hydrogens is 392 g/mol. The summed E-state index contributed by atoms with van der Waals surface area (Å²) >= 11 is 0. The van der Waals surface area contributed by atoms with Gasteiger partial charge in [0.2, 0.25) is 5.43 Å². The molecule has 2 N–H and O–H groups in total. The third kappa shape index (κ3) is 6.42. The average Bonchev–Trinajstić information content (AvgIpc) is 2.71. The largest absolute Gasteiger partial charge is 0.352 e. The van der Waals surface area contributed by atoms with Gasteiger partial charge in [0.1, 0.15) is 11.1 Å². The van der Waals surface area contributed by atoms with Crippen LogP contribution < -0.4 is 16.1 Å². The van der Waals surface area contributed by atoms with Gasteiger partial charge in [0.25, 0.3) is 11.8 Å². The number of carbonyl (C=O) groups is 2. The summed E-state index contributed by atoms with van der Waals surface area (Å²) in [5.74, 6) is -0.422. The standard InChI is InChI=1S/C24H38N4O3/c1-24(2,3)26-23(31)20-16-28(18-10-6-5-7-11-18)15-19(21(20)29)22(30)25-13-17-9-8-12-27(4)14-17/h15-18H,5-14H2,1-4H3,(H,25,30)(H,26,31). The Hall–Kier alpha value is -2.15. The Balaban J connectivity index is 1.86. The van der Waals surface area contributed by atoms with Crippen LogP contribution in [-0.2, 0) is 0 Å². The van der Waals surface area contributed by atoms with Crippen molar-refractivity contribution in [1.82, 2.24) is 20.1 Å². The molecule has 31 heavy (non-hydrogen) atoms. The molecule has 3 rings (SSSR count). The number of piperidine rings is 1. The Morgan fingerprint density at radius 1 is 1.00 bits per heavy atom. The van der Waals surface area contributed by atoms with Crippen molar-refractivity contribution in [3.05, 3.63) is 33.7 Å². The summed E-state index contributed by atoms with van der Waals surface area (Å²) < 4.78 is 1.93. The van der Waals surface area contributed by atoms with Crippen LogP contribution in [0.2, 0.25) is 0 Å². The van der Waals surface area contributed by atoms with E-state index < -0.39 is 16.9 Å². The van der Waals surface area contributed by atoms with E-state index in [4.69, 9.17) is 0 Å². The lowest BCUT2D eigenvalue weighted by Gasteiger charge is -2.29. The first kappa shape index (κ1) is 23.5. The zero-order valence-electron chi connectivity index (χ0n) is 19.5. The van der Waals surface area contributed by atoms with Gasteiger partial charge in [0, 0.05) is 37.1 Å². The van der Waals surface area contributed by atoms with Gasteiger partial charge in [-0.3, -0.25) is 14.4 Å². The van der Waals surface area contributed by atoms with Gasteiger partial charge >= 0.3 is 0 Å². The summed E-state index contributed by atoms with van der Waals surface area (Å²) in [7, 11) is 2.09. The van der Waals surface area contributed by atoms with E-state index in [2.05, 4.69) is 22.6 Å². The molecule has 1 aromatic rings. The smallest absolute Gasteiger partial charge is 0.257 e. The second-order valence-corrected chi connectivity index (χ2v) is 10.3. The lowest BCUT2D eigenvalue weighted by molar-refractivity contribution is 0.0917. The highest BCUT2D eigenvalue weighted by Gasteiger charge is 2.25. The number of pyridine rings is 1. The van der Waals surface area contributed by atoms with Gasteiger partial charge in [-0.25, -0.2) is 0 Å². The molecule has 0 radical (unpaired) electrons. The number of hydrogen-bond donors (Lipinski definition) is 2. The number of likely N-dealkylation sites (tertiary alicyclic amines) is 1. The second-order valence-electron chi connectivity index (χ2n) is 10.3. The van der Waals surface area contributed by atoms with Crippen LogP contribution in [0.3, 0.4) is 0 Å². The molecule has 172 valence electrons. The summed E-state index contributed by atoms with van der Waals surface area (Å²) in [4.78, 5) is 41.3. The summed E-state index contributed by atoms with van der Waals surface area (Å²) in [6, 6.07) is 0.217. The Morgan fingerprint density at radius 3 is 2.26 bits per heavy atom. The van der Waals surface area contributed by atoms with Gasteiger partial charge in [-0.1, -0.05) is 19.3 Å². The molecule has 2 aliphatic rings. The highest BCUT2D eigenvalue weighted by Crippen LogP contribution is 2.28. The van der Waals surface area contributed by atoms with Crippen molar-refractivity contribution in [2.75, 3.05) is 26.7 Å². The number of nitrogens with zero attached hydrogens (tertiary/aromatic N) is 2. The highest BCUT2D eigenvalue weighted by molar-refractivity contribution is 5.99. The van der Waals surface area contributed by atoms with E-state index in [9.17, 15) is 14.4 Å². The maximum atomic E-state index is 13.1. The molecule has 2 heterocycles. The van der Waals surface area contributed by atoms with Crippen LogP contribution in [-0.4, -0.2) is 53.5 Å². The number of aromatic nitrogens is 1. The maximum Gasteiger partial charge on any atom is 0.257 e. The predicted octanol–water partition coefficient (Wildman–Crippen LogP) is 2.95. The van der Waals surface area contributed by atoms with Gasteiger partial charge in [0.05, 0.1) is 0 Å². The molecule has 0 aromatic carbocycles. The Morgan fingerprint density at radius 2 is 1.65 bits per heavy atom. The van der Waals surface area contributed by atoms with Gasteiger partial charge in [-0.2, -0.15) is 0 Å². The molecule has 1 aliphatic heterocycles. The van der Waals surface area contributed by atoms with E-state index in [0.717, 1.165) is 51.6 Å². The Labute approximate surface area is 185 Å². The fraction of sp³-hybridized carbons (Fsp3) is 0.708. The normalized spacial score (nSPS) is 21.0. The zero-order chi connectivity index (χ0) is 22.6. The highest BCUT2D eigenvalue weighted by atomic mass is 16.2. The number of nitrogens with one attached hydrogen (secondary N) is 2. The van der Waals surface area contributed by atoms with Crippen molar-refractivity contribution in [2.24, 2.45) is 5.92 Å². The molecular formula is C24H38N4O3. The lowest BCUT2D eigenvalue weighted by atomic mass is 9.94. The Kier molecular flexibility index (Phi) is 7.57. The van der Waals surface area contributed by atoms with Gasteiger partial charge in [0.15, 0.2) is 0 Å².